The van der Waals surface area contributed by atoms with Gasteiger partial charge in [-0.25, -0.2) is 8.42 Å². The summed E-state index contributed by atoms with van der Waals surface area (Å²) in [7, 11) is -0.567. The van der Waals surface area contributed by atoms with Crippen molar-refractivity contribution in [1.29, 1.82) is 0 Å². The van der Waals surface area contributed by atoms with E-state index in [1.807, 2.05) is 4.90 Å². The van der Waals surface area contributed by atoms with E-state index < -0.39 is 10.0 Å². The Morgan fingerprint density at radius 3 is 2.30 bits per heavy atom. The number of likely N-dealkylation sites (N-methyl/N-ethyl adjacent to an activating group) is 1. The first-order valence-corrected chi connectivity index (χ1v) is 13.4. The highest BCUT2D eigenvalue weighted by molar-refractivity contribution is 7.89. The van der Waals surface area contributed by atoms with Gasteiger partial charge in [0.15, 0.2) is 0 Å². The first-order valence-electron chi connectivity index (χ1n) is 11.9. The van der Waals surface area contributed by atoms with E-state index in [0.717, 1.165) is 25.9 Å². The molecule has 0 aromatic heterocycles. The Hall–Kier alpha value is -1.68. The van der Waals surface area contributed by atoms with Crippen LogP contribution in [-0.2, 0) is 19.6 Å². The molecule has 1 aromatic rings. The summed E-state index contributed by atoms with van der Waals surface area (Å²) >= 11 is 0. The molecular formula is C24H39N3O5S. The normalized spacial score (nSPS) is 17.9. The third-order valence-electron chi connectivity index (χ3n) is 6.88. The van der Waals surface area contributed by atoms with E-state index in [0.29, 0.717) is 27.7 Å². The first kappa shape index (κ1) is 25.9. The van der Waals surface area contributed by atoms with Gasteiger partial charge < -0.3 is 19.3 Å². The number of sulfonamides is 1. The number of piperidine rings is 1. The second-order valence-electron chi connectivity index (χ2n) is 9.28. The molecule has 0 saturated carbocycles. The third-order valence-corrected chi connectivity index (χ3v) is 9.05. The number of aryl methyl sites for hydroxylation is 2. The van der Waals surface area contributed by atoms with Gasteiger partial charge in [-0.2, -0.15) is 4.31 Å². The van der Waals surface area contributed by atoms with Gasteiger partial charge >= 0.3 is 0 Å². The van der Waals surface area contributed by atoms with Crippen LogP contribution in [-0.4, -0.2) is 95.1 Å². The molecule has 186 valence electrons. The van der Waals surface area contributed by atoms with E-state index in [-0.39, 0.29) is 25.7 Å². The summed E-state index contributed by atoms with van der Waals surface area (Å²) in [4.78, 5) is 17.2. The molecule has 0 aliphatic carbocycles. The summed E-state index contributed by atoms with van der Waals surface area (Å²) < 4.78 is 38.2. The second-order valence-corrected chi connectivity index (χ2v) is 11.3. The number of hydrogen-bond acceptors (Lipinski definition) is 6. The minimum absolute atomic E-state index is 0.00702. The molecule has 2 heterocycles. The minimum Gasteiger partial charge on any atom is -0.497 e. The van der Waals surface area contributed by atoms with Crippen LogP contribution in [0.1, 0.15) is 36.8 Å². The fourth-order valence-electron chi connectivity index (χ4n) is 4.60. The topological polar surface area (TPSA) is 79.4 Å². The van der Waals surface area contributed by atoms with Crippen molar-refractivity contribution >= 4 is 15.9 Å². The molecule has 1 aromatic carbocycles. The molecule has 3 rings (SSSR count). The smallest absolute Gasteiger partial charge is 0.248 e. The number of likely N-dealkylation sites (tertiary alicyclic amines) is 2. The van der Waals surface area contributed by atoms with Crippen LogP contribution in [0.2, 0.25) is 0 Å². The second kappa shape index (κ2) is 11.6. The number of amides is 1. The van der Waals surface area contributed by atoms with E-state index in [9.17, 15) is 13.2 Å². The zero-order valence-corrected chi connectivity index (χ0v) is 21.3. The highest BCUT2D eigenvalue weighted by Gasteiger charge is 2.26. The molecule has 2 aliphatic rings. The lowest BCUT2D eigenvalue weighted by Crippen LogP contribution is -2.42. The van der Waals surface area contributed by atoms with E-state index >= 15 is 0 Å². The van der Waals surface area contributed by atoms with Crippen LogP contribution in [0.4, 0.5) is 0 Å². The Balaban J connectivity index is 1.39. The Morgan fingerprint density at radius 1 is 1.12 bits per heavy atom. The quantitative estimate of drug-likeness (QED) is 0.451. The van der Waals surface area contributed by atoms with Gasteiger partial charge in [0, 0.05) is 26.7 Å². The highest BCUT2D eigenvalue weighted by Crippen LogP contribution is 2.27. The van der Waals surface area contributed by atoms with Gasteiger partial charge in [0.2, 0.25) is 15.9 Å². The van der Waals surface area contributed by atoms with Gasteiger partial charge in [-0.05, 0) is 88.3 Å². The van der Waals surface area contributed by atoms with Crippen molar-refractivity contribution in [2.24, 2.45) is 5.92 Å². The molecular weight excluding hydrogens is 442 g/mol. The molecule has 0 radical (unpaired) electrons. The molecule has 2 saturated heterocycles. The molecule has 9 heteroatoms. The lowest BCUT2D eigenvalue weighted by atomic mass is 9.93. The van der Waals surface area contributed by atoms with Gasteiger partial charge in [-0.3, -0.25) is 4.79 Å². The summed E-state index contributed by atoms with van der Waals surface area (Å²) in [6.45, 7) is 9.12. The summed E-state index contributed by atoms with van der Waals surface area (Å²) in [5.74, 6) is 1.33. The Labute approximate surface area is 198 Å². The number of benzene rings is 1. The standard InChI is InChI=1S/C24H39N3O5S/c1-19-16-22(31-4)17-20(2)24(19)33(29,30)25(3)14-15-32-18-23(28)27-12-7-21(8-13-27)6-11-26-9-5-10-26/h16-17,21H,5-15,18H2,1-4H3. The number of hydrogen-bond donors (Lipinski definition) is 0. The van der Waals surface area contributed by atoms with Crippen molar-refractivity contribution in [2.75, 3.05) is 66.6 Å². The van der Waals surface area contributed by atoms with Crippen LogP contribution < -0.4 is 4.74 Å². The predicted octanol–water partition coefficient (Wildman–Crippen LogP) is 2.28. The zero-order chi connectivity index (χ0) is 24.0. The maximum absolute atomic E-state index is 13.0. The maximum atomic E-state index is 13.0. The van der Waals surface area contributed by atoms with Crippen LogP contribution >= 0.6 is 0 Å². The minimum atomic E-state index is -3.66. The molecule has 1 amide bonds. The van der Waals surface area contributed by atoms with Crippen LogP contribution in [0.15, 0.2) is 17.0 Å². The molecule has 0 bridgehead atoms. The van der Waals surface area contributed by atoms with Gasteiger partial charge in [0.05, 0.1) is 18.6 Å². The average molecular weight is 482 g/mol. The summed E-state index contributed by atoms with van der Waals surface area (Å²) in [5, 5.41) is 0. The predicted molar refractivity (Wildman–Crippen MR) is 128 cm³/mol. The molecule has 2 fully saturated rings. The van der Waals surface area contributed by atoms with E-state index in [2.05, 4.69) is 4.90 Å². The van der Waals surface area contributed by atoms with Crippen molar-refractivity contribution in [2.45, 2.75) is 44.4 Å². The van der Waals surface area contributed by atoms with E-state index in [4.69, 9.17) is 9.47 Å². The lowest BCUT2D eigenvalue weighted by Gasteiger charge is -2.35. The Morgan fingerprint density at radius 2 is 1.76 bits per heavy atom. The lowest BCUT2D eigenvalue weighted by molar-refractivity contribution is -0.137. The van der Waals surface area contributed by atoms with Crippen LogP contribution in [0.3, 0.4) is 0 Å². The molecule has 0 spiro atoms. The van der Waals surface area contributed by atoms with E-state index in [1.165, 1.54) is 43.8 Å². The largest absolute Gasteiger partial charge is 0.497 e. The van der Waals surface area contributed by atoms with Crippen molar-refractivity contribution < 1.29 is 22.7 Å². The number of carbonyl (C=O) groups excluding carboxylic acids is 1. The average Bonchev–Trinajstić information content (AvgIpc) is 2.75. The fourth-order valence-corrected chi connectivity index (χ4v) is 6.15. The van der Waals surface area contributed by atoms with Gasteiger partial charge in [-0.15, -0.1) is 0 Å². The summed E-state index contributed by atoms with van der Waals surface area (Å²) in [5.41, 5.74) is 1.28. The molecule has 2 aliphatic heterocycles. The van der Waals surface area contributed by atoms with Crippen LogP contribution in [0.5, 0.6) is 5.75 Å². The number of nitrogens with zero attached hydrogens (tertiary/aromatic N) is 3. The van der Waals surface area contributed by atoms with Crippen molar-refractivity contribution in [1.82, 2.24) is 14.1 Å². The zero-order valence-electron chi connectivity index (χ0n) is 20.5. The Kier molecular flexibility index (Phi) is 9.15. The van der Waals surface area contributed by atoms with Crippen LogP contribution in [0, 0.1) is 19.8 Å². The SMILES string of the molecule is COc1cc(C)c(S(=O)(=O)N(C)CCOCC(=O)N2CCC(CCN3CCC3)CC2)c(C)c1. The Bertz CT molecular complexity index is 886. The molecule has 0 atom stereocenters. The van der Waals surface area contributed by atoms with E-state index in [1.54, 1.807) is 33.1 Å². The fraction of sp³-hybridized carbons (Fsp3) is 0.708. The summed E-state index contributed by atoms with van der Waals surface area (Å²) in [6.07, 6.45) is 4.67. The third kappa shape index (κ3) is 6.68. The molecule has 33 heavy (non-hydrogen) atoms. The monoisotopic (exact) mass is 481 g/mol. The van der Waals surface area contributed by atoms with Gasteiger partial charge in [0.25, 0.3) is 0 Å². The molecule has 8 nitrogen and oxygen atoms in total. The number of rotatable bonds is 11. The summed E-state index contributed by atoms with van der Waals surface area (Å²) in [6, 6.07) is 3.44. The first-order chi connectivity index (χ1) is 15.7. The van der Waals surface area contributed by atoms with Crippen molar-refractivity contribution in [3.8, 4) is 5.75 Å². The number of carbonyl (C=O) groups is 1. The van der Waals surface area contributed by atoms with Crippen LogP contribution in [0.25, 0.3) is 0 Å². The maximum Gasteiger partial charge on any atom is 0.248 e. The molecule has 0 unspecified atom stereocenters. The molecule has 0 N–H and O–H groups in total. The van der Waals surface area contributed by atoms with Gasteiger partial charge in [0.1, 0.15) is 12.4 Å². The van der Waals surface area contributed by atoms with Crippen molar-refractivity contribution in [3.63, 3.8) is 0 Å². The number of methoxy groups -OCH3 is 1. The number of ether oxygens (including phenoxy) is 2. The highest BCUT2D eigenvalue weighted by atomic mass is 32.2. The van der Waals surface area contributed by atoms with Crippen molar-refractivity contribution in [3.05, 3.63) is 23.3 Å². The van der Waals surface area contributed by atoms with Gasteiger partial charge in [-0.1, -0.05) is 0 Å².